The van der Waals surface area contributed by atoms with E-state index in [1.54, 1.807) is 0 Å². The highest BCUT2D eigenvalue weighted by Gasteiger charge is 2.07. The summed E-state index contributed by atoms with van der Waals surface area (Å²) in [5.74, 6) is 1.53. The zero-order valence-electron chi connectivity index (χ0n) is 12.7. The Morgan fingerprint density at radius 1 is 1.00 bits per heavy atom. The molecule has 0 N–H and O–H groups in total. The fraction of sp³-hybridized carbons (Fsp3) is 0.263. The van der Waals surface area contributed by atoms with Gasteiger partial charge in [-0.25, -0.2) is 0 Å². The van der Waals surface area contributed by atoms with Crippen molar-refractivity contribution in [3.8, 4) is 16.9 Å². The molecule has 0 unspecified atom stereocenters. The minimum atomic E-state index is 0.619. The topological polar surface area (TPSA) is 12.5 Å². The maximum absolute atomic E-state index is 6.00. The quantitative estimate of drug-likeness (QED) is 0.500. The second-order valence-corrected chi connectivity index (χ2v) is 5.37. The summed E-state index contributed by atoms with van der Waals surface area (Å²) in [6.45, 7) is 6.92. The smallest absolute Gasteiger partial charge is 0.127 e. The van der Waals surface area contributed by atoms with Gasteiger partial charge in [-0.2, -0.15) is 0 Å². The number of hydrogen-bond donors (Lipinski definition) is 0. The second kappa shape index (κ2) is 9.29. The van der Waals surface area contributed by atoms with E-state index < -0.39 is 0 Å². The van der Waals surface area contributed by atoms with Crippen molar-refractivity contribution in [3.63, 3.8) is 0 Å². The number of ether oxygens (including phenoxy) is 1. The molecule has 0 saturated carbocycles. The van der Waals surface area contributed by atoms with Crippen molar-refractivity contribution in [1.29, 1.82) is 0 Å². The first-order valence-corrected chi connectivity index (χ1v) is 8.05. The van der Waals surface area contributed by atoms with Crippen molar-refractivity contribution in [3.05, 3.63) is 67.3 Å². The van der Waals surface area contributed by atoms with Gasteiger partial charge in [0, 0.05) is 31.1 Å². The average Bonchev–Trinajstić information content (AvgIpc) is 2.56. The van der Waals surface area contributed by atoms with Crippen LogP contribution >= 0.6 is 11.6 Å². The molecule has 0 radical (unpaired) electrons. The molecule has 0 saturated heterocycles. The van der Waals surface area contributed by atoms with Crippen LogP contribution in [0.4, 0.5) is 0 Å². The van der Waals surface area contributed by atoms with Gasteiger partial charge >= 0.3 is 0 Å². The van der Waals surface area contributed by atoms with Crippen LogP contribution in [0.1, 0.15) is 0 Å². The zero-order chi connectivity index (χ0) is 15.6. The molecule has 0 heterocycles. The van der Waals surface area contributed by atoms with Gasteiger partial charge < -0.3 is 4.74 Å². The van der Waals surface area contributed by atoms with Crippen molar-refractivity contribution >= 4 is 11.6 Å². The highest BCUT2D eigenvalue weighted by atomic mass is 35.5. The molecule has 0 spiro atoms. The molecule has 0 atom stereocenters. The van der Waals surface area contributed by atoms with Gasteiger partial charge in [0.05, 0.1) is 0 Å². The molecule has 0 aromatic heterocycles. The van der Waals surface area contributed by atoms with Gasteiger partial charge in [0.15, 0.2) is 0 Å². The molecule has 0 aliphatic heterocycles. The van der Waals surface area contributed by atoms with Crippen LogP contribution in [0, 0.1) is 0 Å². The lowest BCUT2D eigenvalue weighted by Gasteiger charge is -2.20. The lowest BCUT2D eigenvalue weighted by atomic mass is 10.1. The maximum atomic E-state index is 6.00. The van der Waals surface area contributed by atoms with E-state index in [0.29, 0.717) is 12.5 Å². The summed E-state index contributed by atoms with van der Waals surface area (Å²) < 4.78 is 6.00. The number of nitrogens with zero attached hydrogens (tertiary/aromatic N) is 1. The number of benzene rings is 2. The number of hydrogen-bond acceptors (Lipinski definition) is 2. The molecule has 2 nitrogen and oxygen atoms in total. The molecule has 2 aromatic carbocycles. The Morgan fingerprint density at radius 2 is 1.73 bits per heavy atom. The molecular weight excluding hydrogens is 294 g/mol. The molecule has 3 heteroatoms. The van der Waals surface area contributed by atoms with Gasteiger partial charge in [-0.15, -0.1) is 18.2 Å². The van der Waals surface area contributed by atoms with E-state index in [-0.39, 0.29) is 0 Å². The van der Waals surface area contributed by atoms with E-state index >= 15 is 0 Å². The van der Waals surface area contributed by atoms with Gasteiger partial charge in [-0.05, 0) is 11.6 Å². The van der Waals surface area contributed by atoms with Crippen LogP contribution in [0.25, 0.3) is 11.1 Å². The molecule has 0 bridgehead atoms. The van der Waals surface area contributed by atoms with Gasteiger partial charge in [0.25, 0.3) is 0 Å². The third-order valence-electron chi connectivity index (χ3n) is 3.42. The second-order valence-electron chi connectivity index (χ2n) is 4.99. The standard InChI is InChI=1S/C19H22ClNO/c1-2-13-21(14-12-20)15-16-22-19-11-7-6-10-18(19)17-8-4-3-5-9-17/h2-11H,1,12-16H2. The van der Waals surface area contributed by atoms with Crippen LogP contribution in [0.2, 0.25) is 0 Å². The lowest BCUT2D eigenvalue weighted by molar-refractivity contribution is 0.231. The Morgan fingerprint density at radius 3 is 2.45 bits per heavy atom. The largest absolute Gasteiger partial charge is 0.492 e. The Kier molecular flexibility index (Phi) is 7.01. The minimum absolute atomic E-state index is 0.619. The van der Waals surface area contributed by atoms with Crippen LogP contribution in [0.3, 0.4) is 0 Å². The van der Waals surface area contributed by atoms with E-state index in [4.69, 9.17) is 16.3 Å². The molecule has 116 valence electrons. The first-order valence-electron chi connectivity index (χ1n) is 7.51. The lowest BCUT2D eigenvalue weighted by Crippen LogP contribution is -2.30. The van der Waals surface area contributed by atoms with E-state index in [9.17, 15) is 0 Å². The van der Waals surface area contributed by atoms with Crippen LogP contribution in [-0.2, 0) is 0 Å². The summed E-state index contributed by atoms with van der Waals surface area (Å²) in [5.41, 5.74) is 2.29. The Balaban J connectivity index is 2.00. The zero-order valence-corrected chi connectivity index (χ0v) is 13.5. The third kappa shape index (κ3) is 4.90. The SMILES string of the molecule is C=CCN(CCCl)CCOc1ccccc1-c1ccccc1. The van der Waals surface area contributed by atoms with Crippen LogP contribution in [0.15, 0.2) is 67.3 Å². The molecule has 22 heavy (non-hydrogen) atoms. The van der Waals surface area contributed by atoms with Crippen LogP contribution in [0.5, 0.6) is 5.75 Å². The molecule has 0 fully saturated rings. The van der Waals surface area contributed by atoms with Crippen LogP contribution in [-0.4, -0.2) is 37.0 Å². The maximum Gasteiger partial charge on any atom is 0.127 e. The predicted octanol–water partition coefficient (Wildman–Crippen LogP) is 4.46. The van der Waals surface area contributed by atoms with Gasteiger partial charge in [0.1, 0.15) is 12.4 Å². The first-order chi connectivity index (χ1) is 10.8. The fourth-order valence-electron chi connectivity index (χ4n) is 2.33. The Hall–Kier alpha value is -1.77. The van der Waals surface area contributed by atoms with Crippen molar-refractivity contribution in [2.24, 2.45) is 0 Å². The highest BCUT2D eigenvalue weighted by Crippen LogP contribution is 2.29. The van der Waals surface area contributed by atoms with Gasteiger partial charge in [0.2, 0.25) is 0 Å². The van der Waals surface area contributed by atoms with E-state index in [1.165, 1.54) is 5.56 Å². The minimum Gasteiger partial charge on any atom is -0.492 e. The first kappa shape index (κ1) is 16.6. The number of rotatable bonds is 9. The third-order valence-corrected chi connectivity index (χ3v) is 3.59. The summed E-state index contributed by atoms with van der Waals surface area (Å²) in [7, 11) is 0. The van der Waals surface area contributed by atoms with E-state index in [0.717, 1.165) is 30.9 Å². The molecule has 0 aliphatic carbocycles. The summed E-state index contributed by atoms with van der Waals surface area (Å²) in [6.07, 6.45) is 1.89. The monoisotopic (exact) mass is 315 g/mol. The summed E-state index contributed by atoms with van der Waals surface area (Å²) >= 11 is 5.82. The number of alkyl halides is 1. The molecule has 2 aromatic rings. The molecule has 0 aliphatic rings. The summed E-state index contributed by atoms with van der Waals surface area (Å²) in [6, 6.07) is 18.4. The van der Waals surface area contributed by atoms with Gasteiger partial charge in [-0.1, -0.05) is 54.6 Å². The molecule has 2 rings (SSSR count). The highest BCUT2D eigenvalue weighted by molar-refractivity contribution is 6.18. The Bertz CT molecular complexity index is 571. The Labute approximate surface area is 138 Å². The van der Waals surface area contributed by atoms with E-state index in [2.05, 4.69) is 29.7 Å². The summed E-state index contributed by atoms with van der Waals surface area (Å²) in [4.78, 5) is 2.23. The van der Waals surface area contributed by atoms with E-state index in [1.807, 2.05) is 42.5 Å². The van der Waals surface area contributed by atoms with Crippen molar-refractivity contribution in [1.82, 2.24) is 4.90 Å². The van der Waals surface area contributed by atoms with Crippen molar-refractivity contribution in [2.75, 3.05) is 32.1 Å². The van der Waals surface area contributed by atoms with Gasteiger partial charge in [-0.3, -0.25) is 4.90 Å². The van der Waals surface area contributed by atoms with Crippen molar-refractivity contribution in [2.45, 2.75) is 0 Å². The fourth-order valence-corrected chi connectivity index (χ4v) is 2.57. The number of para-hydroxylation sites is 1. The summed E-state index contributed by atoms with van der Waals surface area (Å²) in [5, 5.41) is 0. The predicted molar refractivity (Wildman–Crippen MR) is 94.7 cm³/mol. The van der Waals surface area contributed by atoms with Crippen molar-refractivity contribution < 1.29 is 4.74 Å². The molecule has 0 amide bonds. The molecular formula is C19H22ClNO. The van der Waals surface area contributed by atoms with Crippen LogP contribution < -0.4 is 4.74 Å². The number of halogens is 1. The normalized spacial score (nSPS) is 10.6. The average molecular weight is 316 g/mol.